The number of likely N-dealkylation sites (N-methyl/N-ethyl adjacent to an activating group) is 2. The number of hydrogen-bond donors (Lipinski definition) is 4. The van der Waals surface area contributed by atoms with Crippen LogP contribution < -0.4 is 20.7 Å². The summed E-state index contributed by atoms with van der Waals surface area (Å²) in [7, 11) is -1.58. The van der Waals surface area contributed by atoms with Gasteiger partial charge in [0.2, 0.25) is 11.8 Å². The van der Waals surface area contributed by atoms with E-state index in [1.165, 1.54) is 42.4 Å². The molecule has 0 bridgehead atoms. The minimum absolute atomic E-state index is 0.111. The molecule has 0 heterocycles. The van der Waals surface area contributed by atoms with E-state index in [9.17, 15) is 40.8 Å². The Labute approximate surface area is 292 Å². The van der Waals surface area contributed by atoms with Gasteiger partial charge in [0.15, 0.2) is 0 Å². The van der Waals surface area contributed by atoms with Crippen LogP contribution in [-0.4, -0.2) is 75.3 Å². The molecule has 11 nitrogen and oxygen atoms in total. The summed E-state index contributed by atoms with van der Waals surface area (Å²) >= 11 is 0. The number of carbonyl (C=O) groups excluding carboxylic acids is 4. The van der Waals surface area contributed by atoms with Gasteiger partial charge >= 0.3 is 12.1 Å². The summed E-state index contributed by atoms with van der Waals surface area (Å²) in [6.45, 7) is 14.2. The van der Waals surface area contributed by atoms with Crippen LogP contribution in [0.3, 0.4) is 0 Å². The lowest BCUT2D eigenvalue weighted by molar-refractivity contribution is -0.167. The van der Waals surface area contributed by atoms with E-state index in [-0.39, 0.29) is 11.5 Å². The second-order valence-electron chi connectivity index (χ2n) is 14.0. The lowest BCUT2D eigenvalue weighted by atomic mass is 9.76. The van der Waals surface area contributed by atoms with Crippen LogP contribution in [0, 0.1) is 11.3 Å². The number of halogens is 3. The highest BCUT2D eigenvalue weighted by molar-refractivity contribution is 7.90. The SMILES string of the molecule is CN[C@H](C(=O)N[C@H](C(=O)N(C)[C@H](/C=C(\C)C(=O)NS(=O)(=O)c1ccccc1NC(=O)C(F)(F)F)C(C)C)C(C)(C)C)C(C)(C)c1ccccc1. The van der Waals surface area contributed by atoms with E-state index in [0.717, 1.165) is 17.7 Å². The smallest absolute Gasteiger partial charge is 0.342 e. The van der Waals surface area contributed by atoms with Crippen molar-refractivity contribution >= 4 is 39.3 Å². The monoisotopic (exact) mass is 723 g/mol. The van der Waals surface area contributed by atoms with Crippen LogP contribution in [0.15, 0.2) is 71.1 Å². The van der Waals surface area contributed by atoms with Gasteiger partial charge in [0.1, 0.15) is 10.9 Å². The predicted molar refractivity (Wildman–Crippen MR) is 185 cm³/mol. The molecule has 0 spiro atoms. The number of nitrogens with one attached hydrogen (secondary N) is 4. The maximum Gasteiger partial charge on any atom is 0.471 e. The molecule has 0 radical (unpaired) electrons. The van der Waals surface area contributed by atoms with Crippen molar-refractivity contribution in [2.75, 3.05) is 19.4 Å². The first-order valence-electron chi connectivity index (χ1n) is 15.9. The molecule has 4 N–H and O–H groups in total. The van der Waals surface area contributed by atoms with E-state index >= 15 is 0 Å². The van der Waals surface area contributed by atoms with Crippen LogP contribution in [-0.2, 0) is 34.6 Å². The van der Waals surface area contributed by atoms with E-state index in [1.807, 2.05) is 48.9 Å². The number of nitrogens with zero attached hydrogens (tertiary/aromatic N) is 1. The number of benzene rings is 2. The Bertz CT molecular complexity index is 1690. The van der Waals surface area contributed by atoms with Crippen LogP contribution in [0.5, 0.6) is 0 Å². The Morgan fingerprint density at radius 1 is 0.860 bits per heavy atom. The van der Waals surface area contributed by atoms with Gasteiger partial charge in [0, 0.05) is 18.0 Å². The third-order valence-electron chi connectivity index (χ3n) is 8.36. The molecule has 2 aromatic carbocycles. The normalized spacial score (nSPS) is 14.7. The number of anilines is 1. The van der Waals surface area contributed by atoms with Gasteiger partial charge in [-0.2, -0.15) is 13.2 Å². The summed E-state index contributed by atoms with van der Waals surface area (Å²) in [4.78, 5) is 53.1. The summed E-state index contributed by atoms with van der Waals surface area (Å²) in [6.07, 6.45) is -3.88. The molecule has 3 atom stereocenters. The molecule has 0 saturated carbocycles. The highest BCUT2D eigenvalue weighted by atomic mass is 32.2. The maximum atomic E-state index is 14.1. The Hall–Kier alpha value is -4.24. The average molecular weight is 724 g/mol. The molecular formula is C35H48F3N5O6S. The fourth-order valence-corrected chi connectivity index (χ4v) is 6.60. The molecule has 0 fully saturated rings. The van der Waals surface area contributed by atoms with E-state index in [4.69, 9.17) is 0 Å². The van der Waals surface area contributed by atoms with Crippen LogP contribution in [0.1, 0.15) is 61.0 Å². The van der Waals surface area contributed by atoms with Crippen LogP contribution in [0.25, 0.3) is 0 Å². The zero-order valence-corrected chi connectivity index (χ0v) is 30.8. The highest BCUT2D eigenvalue weighted by Gasteiger charge is 2.42. The topological polar surface area (TPSA) is 154 Å². The zero-order valence-electron chi connectivity index (χ0n) is 30.0. The lowest BCUT2D eigenvalue weighted by Gasteiger charge is -2.40. The molecule has 50 heavy (non-hydrogen) atoms. The number of rotatable bonds is 13. The number of amides is 4. The molecular weight excluding hydrogens is 675 g/mol. The average Bonchev–Trinajstić information content (AvgIpc) is 3.01. The van der Waals surface area contributed by atoms with Gasteiger partial charge in [-0.3, -0.25) is 19.2 Å². The quantitative estimate of drug-likeness (QED) is 0.222. The number of para-hydroxylation sites is 1. The summed E-state index contributed by atoms with van der Waals surface area (Å²) in [6, 6.07) is 11.3. The van der Waals surface area contributed by atoms with Crippen molar-refractivity contribution < 1.29 is 40.8 Å². The van der Waals surface area contributed by atoms with Gasteiger partial charge in [0.25, 0.3) is 15.9 Å². The third-order valence-corrected chi connectivity index (χ3v) is 9.75. The van der Waals surface area contributed by atoms with Crippen molar-refractivity contribution in [3.63, 3.8) is 0 Å². The lowest BCUT2D eigenvalue weighted by Crippen LogP contribution is -2.61. The molecule has 0 aliphatic rings. The minimum Gasteiger partial charge on any atom is -0.342 e. The largest absolute Gasteiger partial charge is 0.471 e. The number of alkyl halides is 3. The van der Waals surface area contributed by atoms with Gasteiger partial charge in [-0.1, -0.05) is 97.0 Å². The summed E-state index contributed by atoms with van der Waals surface area (Å²) in [5, 5.41) is 7.53. The van der Waals surface area contributed by atoms with Gasteiger partial charge in [-0.15, -0.1) is 0 Å². The molecule has 0 aromatic heterocycles. The number of carbonyl (C=O) groups is 4. The molecule has 4 amide bonds. The summed E-state index contributed by atoms with van der Waals surface area (Å²) < 4.78 is 66.5. The molecule has 0 aliphatic carbocycles. The predicted octanol–water partition coefficient (Wildman–Crippen LogP) is 4.52. The molecule has 2 rings (SSSR count). The van der Waals surface area contributed by atoms with Gasteiger partial charge < -0.3 is 20.9 Å². The Morgan fingerprint density at radius 3 is 1.90 bits per heavy atom. The van der Waals surface area contributed by atoms with E-state index in [2.05, 4.69) is 10.6 Å². The Balaban J connectivity index is 2.36. The maximum absolute atomic E-state index is 14.1. The van der Waals surface area contributed by atoms with Crippen LogP contribution in [0.2, 0.25) is 0 Å². The molecule has 0 unspecified atom stereocenters. The third kappa shape index (κ3) is 10.4. The fraction of sp³-hybridized carbons (Fsp3) is 0.486. The summed E-state index contributed by atoms with van der Waals surface area (Å²) in [5.74, 6) is -4.63. The first kappa shape index (κ1) is 41.9. The Kier molecular flexibility index (Phi) is 13.6. The number of sulfonamides is 1. The molecule has 276 valence electrons. The zero-order chi connectivity index (χ0) is 38.4. The van der Waals surface area contributed by atoms with E-state index < -0.39 is 79.4 Å². The Morgan fingerprint density at radius 2 is 1.40 bits per heavy atom. The summed E-state index contributed by atoms with van der Waals surface area (Å²) in [5.41, 5.74) is -1.28. The minimum atomic E-state index is -5.28. The van der Waals surface area contributed by atoms with Crippen molar-refractivity contribution in [3.05, 3.63) is 71.8 Å². The number of hydrogen-bond acceptors (Lipinski definition) is 7. The second kappa shape index (κ2) is 16.2. The molecule has 15 heteroatoms. The molecule has 0 aliphatic heterocycles. The van der Waals surface area contributed by atoms with E-state index in [0.29, 0.717) is 0 Å². The molecule has 2 aromatic rings. The fourth-order valence-electron chi connectivity index (χ4n) is 5.42. The van der Waals surface area contributed by atoms with E-state index in [1.54, 1.807) is 41.7 Å². The van der Waals surface area contributed by atoms with Gasteiger partial charge in [-0.25, -0.2) is 13.1 Å². The van der Waals surface area contributed by atoms with Crippen molar-refractivity contribution in [2.45, 2.75) is 90.0 Å². The molecule has 0 saturated heterocycles. The van der Waals surface area contributed by atoms with Crippen LogP contribution >= 0.6 is 0 Å². The van der Waals surface area contributed by atoms with Gasteiger partial charge in [0.05, 0.1) is 17.8 Å². The first-order valence-corrected chi connectivity index (χ1v) is 17.4. The standard InChI is InChI=1S/C35H48F3N5O6S/c1-21(2)25(20-22(3)29(44)42-50(48,49)26-19-15-14-18-24(26)40-32(47)35(36,37)38)43(10)31(46)28(33(4,5)6)41-30(45)27(39-9)34(7,8)23-16-12-11-13-17-23/h11-21,25,27-28,39H,1-10H3,(H,40,47)(H,41,45)(H,42,44)/b22-20+/t25-,27-,28-/m1/s1. The first-order chi connectivity index (χ1) is 22.9. The van der Waals surface area contributed by atoms with Crippen molar-refractivity contribution in [1.82, 2.24) is 20.3 Å². The van der Waals surface area contributed by atoms with Crippen molar-refractivity contribution in [1.29, 1.82) is 0 Å². The second-order valence-corrected chi connectivity index (χ2v) is 15.7. The van der Waals surface area contributed by atoms with Crippen LogP contribution in [0.4, 0.5) is 18.9 Å². The highest BCUT2D eigenvalue weighted by Crippen LogP contribution is 2.29. The van der Waals surface area contributed by atoms with Gasteiger partial charge in [-0.05, 0) is 43.0 Å². The van der Waals surface area contributed by atoms with Crippen molar-refractivity contribution in [3.8, 4) is 0 Å². The van der Waals surface area contributed by atoms with Crippen molar-refractivity contribution in [2.24, 2.45) is 11.3 Å².